The molecule has 0 aromatic heterocycles. The average Bonchev–Trinajstić information content (AvgIpc) is 2.37. The first kappa shape index (κ1) is 17.8. The highest BCUT2D eigenvalue weighted by Gasteiger charge is 2.44. The maximum Gasteiger partial charge on any atom is 0.326 e. The summed E-state index contributed by atoms with van der Waals surface area (Å²) >= 11 is 1.79. The number of methoxy groups -OCH3 is 1. The van der Waals surface area contributed by atoms with Crippen molar-refractivity contribution in [2.24, 2.45) is 0 Å². The van der Waals surface area contributed by atoms with Crippen molar-refractivity contribution in [1.29, 1.82) is 0 Å². The van der Waals surface area contributed by atoms with Crippen LogP contribution in [0, 0.1) is 0 Å². The Morgan fingerprint density at radius 2 is 2.05 bits per heavy atom. The topological polar surface area (TPSA) is 58.6 Å². The lowest BCUT2D eigenvalue weighted by Crippen LogP contribution is -2.58. The molecule has 1 saturated carbocycles. The summed E-state index contributed by atoms with van der Waals surface area (Å²) in [4.78, 5) is 12.2. The molecular formula is C15H29NO3S. The molecule has 1 aliphatic carbocycles. The molecule has 4 unspecified atom stereocenters. The van der Waals surface area contributed by atoms with Crippen LogP contribution in [0.5, 0.6) is 0 Å². The fourth-order valence-electron chi connectivity index (χ4n) is 2.88. The van der Waals surface area contributed by atoms with Gasteiger partial charge in [-0.25, -0.2) is 0 Å². The summed E-state index contributed by atoms with van der Waals surface area (Å²) in [6.45, 7) is 7.97. The highest BCUT2D eigenvalue weighted by molar-refractivity contribution is 8.00. The quantitative estimate of drug-likeness (QED) is 0.738. The summed E-state index contributed by atoms with van der Waals surface area (Å²) < 4.78 is 5.03. The summed E-state index contributed by atoms with van der Waals surface area (Å²) in [5.74, 6) is -0.152. The van der Waals surface area contributed by atoms with Crippen LogP contribution in [0.2, 0.25) is 0 Å². The van der Waals surface area contributed by atoms with Gasteiger partial charge < -0.3 is 9.84 Å². The Kier molecular flexibility index (Phi) is 6.82. The average molecular weight is 303 g/mol. The van der Waals surface area contributed by atoms with Crippen molar-refractivity contribution in [2.45, 2.75) is 81.6 Å². The largest absolute Gasteiger partial charge is 0.468 e. The Balaban J connectivity index is 2.77. The molecule has 0 bridgehead atoms. The van der Waals surface area contributed by atoms with Crippen LogP contribution >= 0.6 is 11.8 Å². The van der Waals surface area contributed by atoms with Gasteiger partial charge in [0, 0.05) is 16.5 Å². The van der Waals surface area contributed by atoms with Gasteiger partial charge in [-0.2, -0.15) is 11.8 Å². The van der Waals surface area contributed by atoms with Gasteiger partial charge in [0.05, 0.1) is 13.2 Å². The summed E-state index contributed by atoms with van der Waals surface area (Å²) in [6.07, 6.45) is 3.39. The van der Waals surface area contributed by atoms with Gasteiger partial charge in [0.25, 0.3) is 0 Å². The molecule has 0 spiro atoms. The van der Waals surface area contributed by atoms with Crippen LogP contribution in [0.3, 0.4) is 0 Å². The molecule has 0 heterocycles. The first-order valence-corrected chi connectivity index (χ1v) is 8.44. The van der Waals surface area contributed by atoms with Crippen LogP contribution in [0.4, 0.5) is 0 Å². The first-order valence-electron chi connectivity index (χ1n) is 7.50. The minimum Gasteiger partial charge on any atom is -0.468 e. The Bertz CT molecular complexity index is 322. The molecule has 20 heavy (non-hydrogen) atoms. The smallest absolute Gasteiger partial charge is 0.326 e. The second-order valence-corrected chi connectivity index (χ2v) is 7.86. The zero-order chi connectivity index (χ0) is 15.3. The molecule has 1 aliphatic rings. The van der Waals surface area contributed by atoms with Gasteiger partial charge in [0.15, 0.2) is 0 Å². The molecular weight excluding hydrogens is 274 g/mol. The third kappa shape index (κ3) is 4.64. The molecule has 4 atom stereocenters. The van der Waals surface area contributed by atoms with Gasteiger partial charge in [-0.05, 0) is 46.5 Å². The number of thioether (sulfide) groups is 1. The number of nitrogens with one attached hydrogen (secondary N) is 1. The molecule has 0 aromatic carbocycles. The molecule has 0 amide bonds. The molecule has 5 heteroatoms. The molecule has 4 nitrogen and oxygen atoms in total. The fraction of sp³-hybridized carbons (Fsp3) is 0.933. The zero-order valence-corrected chi connectivity index (χ0v) is 14.1. The van der Waals surface area contributed by atoms with Crippen molar-refractivity contribution < 1.29 is 14.6 Å². The monoisotopic (exact) mass is 303 g/mol. The van der Waals surface area contributed by atoms with Crippen molar-refractivity contribution in [3.05, 3.63) is 0 Å². The van der Waals surface area contributed by atoms with Crippen LogP contribution in [0.25, 0.3) is 0 Å². The van der Waals surface area contributed by atoms with E-state index in [1.54, 1.807) is 11.8 Å². The summed E-state index contributed by atoms with van der Waals surface area (Å²) in [6, 6.07) is 0.243. The van der Waals surface area contributed by atoms with E-state index < -0.39 is 5.54 Å². The molecule has 0 aliphatic heterocycles. The van der Waals surface area contributed by atoms with Crippen molar-refractivity contribution in [3.63, 3.8) is 0 Å². The second kappa shape index (κ2) is 7.66. The highest BCUT2D eigenvalue weighted by Crippen LogP contribution is 2.38. The second-order valence-electron chi connectivity index (χ2n) is 6.17. The highest BCUT2D eigenvalue weighted by atomic mass is 32.2. The third-order valence-corrected chi connectivity index (χ3v) is 5.54. The third-order valence-electron chi connectivity index (χ3n) is 3.93. The number of carbonyl (C=O) groups excluding carboxylic acids is 1. The van der Waals surface area contributed by atoms with Crippen LogP contribution in [0.15, 0.2) is 0 Å². The van der Waals surface area contributed by atoms with E-state index in [2.05, 4.69) is 19.2 Å². The number of hydrogen-bond donors (Lipinski definition) is 2. The predicted octanol–water partition coefficient (Wildman–Crippen LogP) is 2.34. The number of esters is 1. The molecule has 0 saturated heterocycles. The molecule has 118 valence electrons. The number of carbonyl (C=O) groups is 1. The van der Waals surface area contributed by atoms with Crippen molar-refractivity contribution in [1.82, 2.24) is 5.32 Å². The van der Waals surface area contributed by atoms with Crippen LogP contribution in [-0.2, 0) is 9.53 Å². The molecule has 1 rings (SSSR count). The summed E-state index contributed by atoms with van der Waals surface area (Å²) in [7, 11) is 1.46. The molecule has 1 fully saturated rings. The Morgan fingerprint density at radius 1 is 1.40 bits per heavy atom. The summed E-state index contributed by atoms with van der Waals surface area (Å²) in [5, 5.41) is 13.7. The predicted molar refractivity (Wildman–Crippen MR) is 84.0 cm³/mol. The number of aliphatic hydroxyl groups is 1. The lowest BCUT2D eigenvalue weighted by molar-refractivity contribution is -0.150. The van der Waals surface area contributed by atoms with Crippen molar-refractivity contribution in [3.8, 4) is 0 Å². The Morgan fingerprint density at radius 3 is 2.55 bits per heavy atom. The van der Waals surface area contributed by atoms with E-state index in [9.17, 15) is 9.90 Å². The number of ether oxygens (including phenoxy) is 1. The van der Waals surface area contributed by atoms with E-state index in [4.69, 9.17) is 4.74 Å². The van der Waals surface area contributed by atoms with E-state index in [-0.39, 0.29) is 23.4 Å². The number of hydrogen-bond acceptors (Lipinski definition) is 5. The van der Waals surface area contributed by atoms with E-state index in [0.717, 1.165) is 25.7 Å². The van der Waals surface area contributed by atoms with Crippen LogP contribution in [-0.4, -0.2) is 46.4 Å². The number of aliphatic hydroxyl groups excluding tert-OH is 1. The summed E-state index contributed by atoms with van der Waals surface area (Å²) in [5.41, 5.74) is -0.558. The van der Waals surface area contributed by atoms with E-state index >= 15 is 0 Å². The molecule has 0 aromatic rings. The standard InChI is InChI=1S/C15H29NO3S/c1-10(2)16-15(14(18)19-5)8-6-7-13(9-15)20-12(4)11(3)17/h10-13,16-17H,6-9H2,1-5H3. The normalized spacial score (nSPS) is 30.1. The Hall–Kier alpha value is -0.260. The minimum atomic E-state index is -0.558. The van der Waals surface area contributed by atoms with Crippen molar-refractivity contribution >= 4 is 17.7 Å². The first-order chi connectivity index (χ1) is 9.30. The number of rotatable bonds is 6. The molecule has 2 N–H and O–H groups in total. The van der Waals surface area contributed by atoms with Crippen LogP contribution in [0.1, 0.15) is 53.4 Å². The van der Waals surface area contributed by atoms with Gasteiger partial charge in [0.1, 0.15) is 5.54 Å². The van der Waals surface area contributed by atoms with E-state index in [1.807, 2.05) is 13.8 Å². The lowest BCUT2D eigenvalue weighted by atomic mass is 9.81. The van der Waals surface area contributed by atoms with Gasteiger partial charge in [-0.3, -0.25) is 10.1 Å². The SMILES string of the molecule is COC(=O)C1(NC(C)C)CCCC(SC(C)C(C)O)C1. The van der Waals surface area contributed by atoms with Gasteiger partial charge in [0.2, 0.25) is 0 Å². The van der Waals surface area contributed by atoms with Gasteiger partial charge in [-0.15, -0.1) is 0 Å². The lowest BCUT2D eigenvalue weighted by Gasteiger charge is -2.41. The molecule has 0 radical (unpaired) electrons. The maximum atomic E-state index is 12.2. The van der Waals surface area contributed by atoms with E-state index in [0.29, 0.717) is 5.25 Å². The maximum absolute atomic E-state index is 12.2. The van der Waals surface area contributed by atoms with Gasteiger partial charge >= 0.3 is 5.97 Å². The zero-order valence-electron chi connectivity index (χ0n) is 13.3. The van der Waals surface area contributed by atoms with Gasteiger partial charge in [-0.1, -0.05) is 6.92 Å². The van der Waals surface area contributed by atoms with Crippen molar-refractivity contribution in [2.75, 3.05) is 7.11 Å². The Labute approximate surface area is 127 Å². The minimum absolute atomic E-state index is 0.152. The van der Waals surface area contributed by atoms with E-state index in [1.165, 1.54) is 7.11 Å². The van der Waals surface area contributed by atoms with Crippen LogP contribution < -0.4 is 5.32 Å². The fourth-order valence-corrected chi connectivity index (χ4v) is 4.40.